The Bertz CT molecular complexity index is 1010. The Kier molecular flexibility index (Phi) is 8.41. The lowest BCUT2D eigenvalue weighted by Crippen LogP contribution is -2.43. The molecule has 8 nitrogen and oxygen atoms in total. The second-order valence-corrected chi connectivity index (χ2v) is 8.50. The Hall–Kier alpha value is -2.71. The molecule has 0 aliphatic carbocycles. The van der Waals surface area contributed by atoms with Gasteiger partial charge < -0.3 is 10.1 Å². The smallest absolute Gasteiger partial charge is 0.329 e. The minimum Gasteiger partial charge on any atom is -0.375 e. The van der Waals surface area contributed by atoms with Crippen LogP contribution in [0.5, 0.6) is 0 Å². The molecular formula is C24H34N4O4. The molecule has 1 aromatic carbocycles. The number of rotatable bonds is 10. The van der Waals surface area contributed by atoms with Crippen LogP contribution in [0.3, 0.4) is 0 Å². The van der Waals surface area contributed by atoms with Gasteiger partial charge in [-0.05, 0) is 62.9 Å². The van der Waals surface area contributed by atoms with Crippen LogP contribution in [0.25, 0.3) is 0 Å². The number of carbonyl (C=O) groups is 1. The zero-order chi connectivity index (χ0) is 23.1. The Morgan fingerprint density at radius 1 is 1.22 bits per heavy atom. The molecule has 0 saturated carbocycles. The summed E-state index contributed by atoms with van der Waals surface area (Å²) < 4.78 is 6.88. The molecular weight excluding hydrogens is 408 g/mol. The first-order valence-electron chi connectivity index (χ1n) is 11.4. The highest BCUT2D eigenvalue weighted by Gasteiger charge is 2.21. The molecule has 0 amide bonds. The third-order valence-corrected chi connectivity index (χ3v) is 5.87. The molecule has 1 aliphatic heterocycles. The topological polar surface area (TPSA) is 96.4 Å². The number of ketones is 1. The van der Waals surface area contributed by atoms with E-state index in [1.807, 2.05) is 18.2 Å². The molecule has 2 aromatic rings. The number of hydrogen-bond acceptors (Lipinski definition) is 6. The summed E-state index contributed by atoms with van der Waals surface area (Å²) >= 11 is 0. The van der Waals surface area contributed by atoms with Crippen LogP contribution in [0.4, 0.5) is 11.5 Å². The lowest BCUT2D eigenvalue weighted by Gasteiger charge is -2.32. The van der Waals surface area contributed by atoms with Crippen molar-refractivity contribution in [2.24, 2.45) is 0 Å². The van der Waals surface area contributed by atoms with Gasteiger partial charge in [-0.15, -0.1) is 0 Å². The van der Waals surface area contributed by atoms with Crippen molar-refractivity contribution in [1.82, 2.24) is 14.5 Å². The summed E-state index contributed by atoms with van der Waals surface area (Å²) in [5.74, 6) is 0.536. The second-order valence-electron chi connectivity index (χ2n) is 8.50. The summed E-state index contributed by atoms with van der Waals surface area (Å²) in [6, 6.07) is 7.43. The number of aromatic nitrogens is 2. The van der Waals surface area contributed by atoms with E-state index in [0.717, 1.165) is 44.6 Å². The highest BCUT2D eigenvalue weighted by Crippen LogP contribution is 2.18. The van der Waals surface area contributed by atoms with E-state index < -0.39 is 5.69 Å². The van der Waals surface area contributed by atoms with Crippen molar-refractivity contribution in [3.05, 3.63) is 56.2 Å². The predicted molar refractivity (Wildman–Crippen MR) is 126 cm³/mol. The van der Waals surface area contributed by atoms with Gasteiger partial charge in [0.25, 0.3) is 5.56 Å². The number of aryl methyl sites for hydroxylation is 2. The number of carbonyl (C=O) groups excluding carboxylic acids is 1. The molecule has 2 heterocycles. The van der Waals surface area contributed by atoms with E-state index in [9.17, 15) is 14.4 Å². The van der Waals surface area contributed by atoms with Crippen LogP contribution in [-0.2, 0) is 22.5 Å². The van der Waals surface area contributed by atoms with Crippen LogP contribution in [0.15, 0.2) is 33.9 Å². The third-order valence-electron chi connectivity index (χ3n) is 5.87. The summed E-state index contributed by atoms with van der Waals surface area (Å²) in [5, 5.41) is 3.13. The minimum absolute atomic E-state index is 0.0336. The number of ether oxygens (including phenoxy) is 1. The molecule has 0 spiro atoms. The van der Waals surface area contributed by atoms with Gasteiger partial charge >= 0.3 is 5.69 Å². The van der Waals surface area contributed by atoms with Crippen molar-refractivity contribution in [1.29, 1.82) is 0 Å². The van der Waals surface area contributed by atoms with Crippen LogP contribution < -0.4 is 16.6 Å². The number of H-pyrrole nitrogens is 1. The fourth-order valence-electron chi connectivity index (χ4n) is 4.12. The Balaban J connectivity index is 1.53. The van der Waals surface area contributed by atoms with Crippen molar-refractivity contribution in [2.75, 3.05) is 31.6 Å². The minimum atomic E-state index is -0.407. The van der Waals surface area contributed by atoms with E-state index in [4.69, 9.17) is 4.74 Å². The fraction of sp³-hybridized carbons (Fsp3) is 0.542. The third kappa shape index (κ3) is 6.64. The zero-order valence-electron chi connectivity index (χ0n) is 19.3. The van der Waals surface area contributed by atoms with Gasteiger partial charge in [-0.3, -0.25) is 24.0 Å². The number of hydrogen-bond donors (Lipinski definition) is 2. The van der Waals surface area contributed by atoms with Crippen molar-refractivity contribution in [3.8, 4) is 0 Å². The van der Waals surface area contributed by atoms with Crippen LogP contribution in [0.1, 0.15) is 44.2 Å². The molecule has 1 fully saturated rings. The molecule has 0 radical (unpaired) electrons. The van der Waals surface area contributed by atoms with E-state index in [2.05, 4.69) is 29.0 Å². The summed E-state index contributed by atoms with van der Waals surface area (Å²) in [6.07, 6.45) is 2.92. The molecule has 174 valence electrons. The van der Waals surface area contributed by atoms with Crippen molar-refractivity contribution in [2.45, 2.75) is 59.1 Å². The quantitative estimate of drug-likeness (QED) is 0.549. The predicted octanol–water partition coefficient (Wildman–Crippen LogP) is 2.61. The highest BCUT2D eigenvalue weighted by atomic mass is 16.5. The molecule has 1 atom stereocenters. The maximum Gasteiger partial charge on any atom is 0.329 e. The van der Waals surface area contributed by atoms with Gasteiger partial charge in [0.15, 0.2) is 0 Å². The van der Waals surface area contributed by atoms with E-state index in [0.29, 0.717) is 25.4 Å². The average Bonchev–Trinajstić information content (AvgIpc) is 2.74. The lowest BCUT2D eigenvalue weighted by molar-refractivity contribution is -0.121. The molecule has 1 aromatic heterocycles. The van der Waals surface area contributed by atoms with Gasteiger partial charge in [0.2, 0.25) is 0 Å². The first-order chi connectivity index (χ1) is 15.4. The van der Waals surface area contributed by atoms with E-state index >= 15 is 0 Å². The summed E-state index contributed by atoms with van der Waals surface area (Å²) in [7, 11) is 0. The standard InChI is InChI=1S/C24H34N4O4/c1-4-19-14-20(8-7-17(19)2)25-22-15-23(30)28(24(31)26-22)10-6-5-9-27-11-12-32-21(16-27)13-18(3)29/h7-8,14-15,21,25H,4-6,9-13,16H2,1-3H3,(H,26,31). The van der Waals surface area contributed by atoms with Gasteiger partial charge in [-0.2, -0.15) is 0 Å². The first-order valence-corrected chi connectivity index (χ1v) is 11.4. The number of morpholine rings is 1. The number of anilines is 2. The Labute approximate surface area is 188 Å². The van der Waals surface area contributed by atoms with Crippen LogP contribution in [0, 0.1) is 6.92 Å². The molecule has 8 heteroatoms. The zero-order valence-corrected chi connectivity index (χ0v) is 19.3. The molecule has 1 unspecified atom stereocenters. The van der Waals surface area contributed by atoms with Crippen LogP contribution >= 0.6 is 0 Å². The normalized spacial score (nSPS) is 16.8. The highest BCUT2D eigenvalue weighted by molar-refractivity contribution is 5.76. The summed E-state index contributed by atoms with van der Waals surface area (Å²) in [6.45, 7) is 9.20. The van der Waals surface area contributed by atoms with Gasteiger partial charge in [-0.1, -0.05) is 13.0 Å². The number of nitrogens with zero attached hydrogens (tertiary/aromatic N) is 2. The summed E-state index contributed by atoms with van der Waals surface area (Å²) in [5.41, 5.74) is 2.56. The van der Waals surface area contributed by atoms with Crippen molar-refractivity contribution >= 4 is 17.3 Å². The van der Waals surface area contributed by atoms with E-state index in [1.165, 1.54) is 21.8 Å². The van der Waals surface area contributed by atoms with Crippen molar-refractivity contribution in [3.63, 3.8) is 0 Å². The molecule has 32 heavy (non-hydrogen) atoms. The molecule has 2 N–H and O–H groups in total. The average molecular weight is 443 g/mol. The molecule has 1 saturated heterocycles. The number of aromatic amines is 1. The number of Topliss-reactive ketones (excluding diaryl/α,β-unsaturated/α-hetero) is 1. The maximum absolute atomic E-state index is 12.5. The Morgan fingerprint density at radius 2 is 2.00 bits per heavy atom. The fourth-order valence-corrected chi connectivity index (χ4v) is 4.12. The van der Waals surface area contributed by atoms with Crippen LogP contribution in [0.2, 0.25) is 0 Å². The van der Waals surface area contributed by atoms with E-state index in [1.54, 1.807) is 6.92 Å². The molecule has 3 rings (SSSR count). The summed E-state index contributed by atoms with van der Waals surface area (Å²) in [4.78, 5) is 41.3. The second kappa shape index (κ2) is 11.2. The van der Waals surface area contributed by atoms with Crippen molar-refractivity contribution < 1.29 is 9.53 Å². The van der Waals surface area contributed by atoms with Crippen LogP contribution in [-0.4, -0.2) is 52.6 Å². The number of benzene rings is 1. The first kappa shape index (κ1) is 23.9. The number of nitrogens with one attached hydrogen (secondary N) is 2. The molecule has 0 bridgehead atoms. The largest absolute Gasteiger partial charge is 0.375 e. The van der Waals surface area contributed by atoms with Gasteiger partial charge in [0, 0.05) is 37.8 Å². The van der Waals surface area contributed by atoms with Gasteiger partial charge in [-0.25, -0.2) is 4.79 Å². The monoisotopic (exact) mass is 442 g/mol. The lowest BCUT2D eigenvalue weighted by atomic mass is 10.1. The maximum atomic E-state index is 12.5. The van der Waals surface area contributed by atoms with Gasteiger partial charge in [0.1, 0.15) is 11.6 Å². The SMILES string of the molecule is CCc1cc(Nc2cc(=O)n(CCCCN3CCOC(CC(C)=O)C3)c(=O)[nH]2)ccc1C. The van der Waals surface area contributed by atoms with E-state index in [-0.39, 0.29) is 17.4 Å². The number of unbranched alkanes of at least 4 members (excludes halogenated alkanes) is 1. The molecule has 1 aliphatic rings. The Morgan fingerprint density at radius 3 is 2.72 bits per heavy atom. The van der Waals surface area contributed by atoms with Gasteiger partial charge in [0.05, 0.1) is 12.7 Å².